The number of nitrogens with zero attached hydrogens (tertiary/aromatic N) is 4. The van der Waals surface area contributed by atoms with E-state index >= 15 is 0 Å². The Morgan fingerprint density at radius 2 is 1.79 bits per heavy atom. The zero-order valence-corrected chi connectivity index (χ0v) is 17.9. The van der Waals surface area contributed by atoms with Gasteiger partial charge in [0, 0.05) is 22.7 Å². The van der Waals surface area contributed by atoms with E-state index in [0.717, 1.165) is 28.9 Å². The molecule has 0 radical (unpaired) electrons. The first kappa shape index (κ1) is 16.8. The maximum Gasteiger partial charge on any atom is 0.260 e. The molecule has 33 heavy (non-hydrogen) atoms. The van der Waals surface area contributed by atoms with E-state index in [1.165, 1.54) is 12.1 Å². The summed E-state index contributed by atoms with van der Waals surface area (Å²) in [5, 5.41) is 0. The summed E-state index contributed by atoms with van der Waals surface area (Å²) in [5.74, 6) is -0.421. The molecule has 2 amide bonds. The molecule has 1 aliphatic carbocycles. The highest BCUT2D eigenvalue weighted by Crippen LogP contribution is 2.45. The topological polar surface area (TPSA) is 56.8 Å². The average Bonchev–Trinajstić information content (AvgIpc) is 3.63. The molecular formula is C26H23FN4O2. The molecule has 0 bridgehead atoms. The Hall–Kier alpha value is -3.74. The summed E-state index contributed by atoms with van der Waals surface area (Å²) in [6, 6.07) is 15.3. The molecule has 6 rings (SSSR count). The quantitative estimate of drug-likeness (QED) is 0.603. The smallest absolute Gasteiger partial charge is 0.260 e. The van der Waals surface area contributed by atoms with Crippen LogP contribution in [0.25, 0.3) is 0 Å². The van der Waals surface area contributed by atoms with Crippen molar-refractivity contribution in [1.82, 2.24) is 4.98 Å². The molecule has 0 N–H and O–H groups in total. The van der Waals surface area contributed by atoms with Crippen LogP contribution in [-0.4, -0.2) is 35.9 Å². The Bertz CT molecular complexity index is 1390. The number of amides is 2. The van der Waals surface area contributed by atoms with E-state index in [1.54, 1.807) is 48.2 Å². The van der Waals surface area contributed by atoms with E-state index in [0.29, 0.717) is 17.2 Å². The van der Waals surface area contributed by atoms with Crippen LogP contribution in [0.15, 0.2) is 60.7 Å². The monoisotopic (exact) mass is 445 g/mol. The van der Waals surface area contributed by atoms with Crippen LogP contribution in [0.4, 0.5) is 21.7 Å². The Morgan fingerprint density at radius 3 is 2.52 bits per heavy atom. The van der Waals surface area contributed by atoms with Gasteiger partial charge in [-0.3, -0.25) is 14.5 Å². The third kappa shape index (κ3) is 2.95. The van der Waals surface area contributed by atoms with Gasteiger partial charge in [-0.05, 0) is 61.2 Å². The minimum atomic E-state index is -2.67. The first-order valence-electron chi connectivity index (χ1n) is 12.5. The summed E-state index contributed by atoms with van der Waals surface area (Å²) >= 11 is 0. The lowest BCUT2D eigenvalue weighted by Crippen LogP contribution is -2.52. The summed E-state index contributed by atoms with van der Waals surface area (Å²) in [7, 11) is 0. The second-order valence-corrected chi connectivity index (χ2v) is 8.72. The van der Waals surface area contributed by atoms with Crippen molar-refractivity contribution in [3.05, 3.63) is 83.2 Å². The number of hydrogen-bond donors (Lipinski definition) is 0. The molecule has 166 valence electrons. The molecule has 1 saturated carbocycles. The highest BCUT2D eigenvalue weighted by atomic mass is 19.1. The number of benzene rings is 2. The SMILES string of the molecule is [2H]C([2H])([2H])N1C(=O)C(C)N(C2CC2)c2nc(N3C(=O)c4ccccc4C3c3ccc(F)cc3)ccc21. The fourth-order valence-corrected chi connectivity index (χ4v) is 4.91. The number of pyridine rings is 1. The molecule has 2 atom stereocenters. The van der Waals surface area contributed by atoms with Crippen LogP contribution >= 0.6 is 0 Å². The van der Waals surface area contributed by atoms with Crippen LogP contribution in [0.2, 0.25) is 0 Å². The number of carbonyl (C=O) groups is 2. The van der Waals surface area contributed by atoms with Crippen molar-refractivity contribution in [2.24, 2.45) is 0 Å². The second kappa shape index (κ2) is 7.13. The van der Waals surface area contributed by atoms with E-state index in [1.807, 2.05) is 17.0 Å². The van der Waals surface area contributed by atoms with Gasteiger partial charge < -0.3 is 9.80 Å². The lowest BCUT2D eigenvalue weighted by Gasteiger charge is -2.40. The van der Waals surface area contributed by atoms with Crippen molar-refractivity contribution in [3.63, 3.8) is 0 Å². The Labute approximate surface area is 195 Å². The zero-order valence-electron chi connectivity index (χ0n) is 20.9. The second-order valence-electron chi connectivity index (χ2n) is 8.72. The predicted octanol–water partition coefficient (Wildman–Crippen LogP) is 4.30. The maximum absolute atomic E-state index is 13.7. The number of likely N-dealkylation sites (N-methyl/N-ethyl adjacent to an activating group) is 1. The van der Waals surface area contributed by atoms with Crippen molar-refractivity contribution in [1.29, 1.82) is 0 Å². The molecule has 0 saturated heterocycles. The lowest BCUT2D eigenvalue weighted by atomic mass is 9.98. The van der Waals surface area contributed by atoms with Gasteiger partial charge in [-0.15, -0.1) is 0 Å². The van der Waals surface area contributed by atoms with Gasteiger partial charge >= 0.3 is 0 Å². The fourth-order valence-electron chi connectivity index (χ4n) is 4.91. The molecule has 3 aliphatic rings. The first-order chi connectivity index (χ1) is 17.2. The van der Waals surface area contributed by atoms with Crippen molar-refractivity contribution in [3.8, 4) is 0 Å². The average molecular weight is 446 g/mol. The summed E-state index contributed by atoms with van der Waals surface area (Å²) in [6.45, 7) is -0.982. The molecular weight excluding hydrogens is 419 g/mol. The summed E-state index contributed by atoms with van der Waals surface area (Å²) in [5.41, 5.74) is 2.23. The number of anilines is 3. The largest absolute Gasteiger partial charge is 0.340 e. The van der Waals surface area contributed by atoms with Crippen molar-refractivity contribution >= 4 is 29.1 Å². The normalized spacial score (nSPS) is 23.7. The van der Waals surface area contributed by atoms with Gasteiger partial charge in [-0.25, -0.2) is 9.37 Å². The molecule has 3 heterocycles. The maximum atomic E-state index is 13.7. The molecule has 7 heteroatoms. The van der Waals surface area contributed by atoms with Crippen LogP contribution in [0.3, 0.4) is 0 Å². The molecule has 1 aromatic heterocycles. The third-order valence-corrected chi connectivity index (χ3v) is 6.66. The molecule has 3 aromatic rings. The van der Waals surface area contributed by atoms with E-state index < -0.39 is 25.0 Å². The van der Waals surface area contributed by atoms with Gasteiger partial charge in [0.25, 0.3) is 5.91 Å². The van der Waals surface area contributed by atoms with Crippen molar-refractivity contribution < 1.29 is 18.1 Å². The minimum Gasteiger partial charge on any atom is -0.340 e. The van der Waals surface area contributed by atoms with Crippen molar-refractivity contribution in [2.75, 3.05) is 21.7 Å². The number of fused-ring (bicyclic) bond motifs is 2. The molecule has 6 nitrogen and oxygen atoms in total. The van der Waals surface area contributed by atoms with Crippen LogP contribution in [0.5, 0.6) is 0 Å². The highest BCUT2D eigenvalue weighted by Gasteiger charge is 2.44. The molecule has 0 spiro atoms. The summed E-state index contributed by atoms with van der Waals surface area (Å²) < 4.78 is 37.6. The van der Waals surface area contributed by atoms with Gasteiger partial charge in [-0.2, -0.15) is 0 Å². The van der Waals surface area contributed by atoms with Gasteiger partial charge in [-0.1, -0.05) is 30.3 Å². The standard InChI is InChI=1S/C26H23FN4O2/c1-15-25(32)29(2)21-13-14-22(28-24(21)30(15)18-11-12-18)31-23(16-7-9-17(27)10-8-16)19-5-3-4-6-20(19)26(31)33/h3-10,13-15,18,23H,11-12H2,1-2H3/i2D3. The van der Waals surface area contributed by atoms with E-state index in [4.69, 9.17) is 9.10 Å². The van der Waals surface area contributed by atoms with E-state index in [9.17, 15) is 14.0 Å². The lowest BCUT2D eigenvalue weighted by molar-refractivity contribution is -0.119. The van der Waals surface area contributed by atoms with Gasteiger partial charge in [0.15, 0.2) is 5.82 Å². The van der Waals surface area contributed by atoms with Gasteiger partial charge in [0.2, 0.25) is 5.91 Å². The minimum absolute atomic E-state index is 0.0866. The Morgan fingerprint density at radius 1 is 1.03 bits per heavy atom. The molecule has 1 fully saturated rings. The number of aromatic nitrogens is 1. The first-order valence-corrected chi connectivity index (χ1v) is 11.0. The van der Waals surface area contributed by atoms with Gasteiger partial charge in [0.05, 0.1) is 11.7 Å². The summed E-state index contributed by atoms with van der Waals surface area (Å²) in [4.78, 5) is 35.8. The molecule has 2 unspecified atom stereocenters. The van der Waals surface area contributed by atoms with Crippen LogP contribution in [0.1, 0.15) is 51.4 Å². The Kier molecular flexibility index (Phi) is 3.64. The van der Waals surface area contributed by atoms with E-state index in [-0.39, 0.29) is 23.5 Å². The third-order valence-electron chi connectivity index (χ3n) is 6.66. The summed E-state index contributed by atoms with van der Waals surface area (Å²) in [6.07, 6.45) is 1.76. The van der Waals surface area contributed by atoms with Gasteiger partial charge in [0.1, 0.15) is 17.7 Å². The number of rotatable bonds is 3. The van der Waals surface area contributed by atoms with Crippen molar-refractivity contribution in [2.45, 2.75) is 37.9 Å². The van der Waals surface area contributed by atoms with E-state index in [2.05, 4.69) is 0 Å². The molecule has 2 aromatic carbocycles. The predicted molar refractivity (Wildman–Crippen MR) is 124 cm³/mol. The zero-order chi connectivity index (χ0) is 25.4. The van der Waals surface area contributed by atoms with Crippen LogP contribution < -0.4 is 14.7 Å². The Balaban J connectivity index is 1.52. The highest BCUT2D eigenvalue weighted by molar-refractivity contribution is 6.12. The number of halogens is 1. The van der Waals surface area contributed by atoms with Crippen LogP contribution in [-0.2, 0) is 4.79 Å². The fraction of sp³-hybridized carbons (Fsp3) is 0.269. The number of carbonyl (C=O) groups excluding carboxylic acids is 2. The molecule has 2 aliphatic heterocycles. The van der Waals surface area contributed by atoms with Crippen LogP contribution in [0, 0.1) is 5.82 Å². The number of hydrogen-bond acceptors (Lipinski definition) is 4.